The number of rotatable bonds is 5. The molecule has 0 fully saturated rings. The molecular weight excluding hydrogens is 328 g/mol. The quantitative estimate of drug-likeness (QED) is 0.765. The van der Waals surface area contributed by atoms with Gasteiger partial charge in [-0.15, -0.1) is 0 Å². The van der Waals surface area contributed by atoms with E-state index in [9.17, 15) is 8.42 Å². The van der Waals surface area contributed by atoms with Gasteiger partial charge in [0.1, 0.15) is 10.6 Å². The Hall–Kier alpha value is -2.45. The lowest BCUT2D eigenvalue weighted by molar-refractivity contribution is 0.578. The smallest absolute Gasteiger partial charge is 0.244 e. The molecular formula is C16H18N4O3S. The van der Waals surface area contributed by atoms with E-state index in [1.54, 1.807) is 50.2 Å². The third kappa shape index (κ3) is 3.10. The van der Waals surface area contributed by atoms with Gasteiger partial charge in [0.05, 0.1) is 17.7 Å². The predicted octanol–water partition coefficient (Wildman–Crippen LogP) is 2.17. The summed E-state index contributed by atoms with van der Waals surface area (Å²) in [6.07, 6.45) is 3.21. The molecule has 0 saturated carbocycles. The van der Waals surface area contributed by atoms with Gasteiger partial charge in [0.2, 0.25) is 10.0 Å². The van der Waals surface area contributed by atoms with Crippen LogP contribution in [0.25, 0.3) is 11.5 Å². The van der Waals surface area contributed by atoms with Crippen LogP contribution in [0.4, 0.5) is 0 Å². The first-order valence-electron chi connectivity index (χ1n) is 7.37. The van der Waals surface area contributed by atoms with Crippen molar-refractivity contribution in [3.8, 4) is 11.5 Å². The van der Waals surface area contributed by atoms with Crippen molar-refractivity contribution in [1.29, 1.82) is 0 Å². The number of nitrogens with one attached hydrogen (secondary N) is 1. The summed E-state index contributed by atoms with van der Waals surface area (Å²) in [7, 11) is -1.91. The molecule has 1 N–H and O–H groups in total. The molecule has 126 valence electrons. The zero-order chi connectivity index (χ0) is 17.3. The first-order chi connectivity index (χ1) is 11.4. The van der Waals surface area contributed by atoms with E-state index in [0.29, 0.717) is 22.8 Å². The van der Waals surface area contributed by atoms with Gasteiger partial charge in [-0.05, 0) is 37.6 Å². The summed E-state index contributed by atoms with van der Waals surface area (Å²) in [5.41, 5.74) is 2.54. The van der Waals surface area contributed by atoms with Crippen LogP contribution >= 0.6 is 0 Å². The lowest BCUT2D eigenvalue weighted by atomic mass is 10.2. The molecule has 3 aromatic heterocycles. The second kappa shape index (κ2) is 6.21. The maximum absolute atomic E-state index is 12.5. The molecule has 24 heavy (non-hydrogen) atoms. The number of nitrogens with zero attached hydrogens (tertiary/aromatic N) is 3. The van der Waals surface area contributed by atoms with E-state index in [1.165, 1.54) is 0 Å². The molecule has 0 aliphatic rings. The lowest BCUT2D eigenvalue weighted by Crippen LogP contribution is -2.24. The average molecular weight is 346 g/mol. The fraction of sp³-hybridized carbons (Fsp3) is 0.250. The highest BCUT2D eigenvalue weighted by Gasteiger charge is 2.23. The van der Waals surface area contributed by atoms with Gasteiger partial charge in [-0.1, -0.05) is 6.07 Å². The Morgan fingerprint density at radius 2 is 2.04 bits per heavy atom. The second-order valence-corrected chi connectivity index (χ2v) is 7.18. The Bertz CT molecular complexity index is 942. The molecule has 0 atom stereocenters. The topological polar surface area (TPSA) is 90.0 Å². The van der Waals surface area contributed by atoms with Crippen LogP contribution in [-0.4, -0.2) is 23.2 Å². The van der Waals surface area contributed by atoms with Crippen LogP contribution in [0.5, 0.6) is 0 Å². The van der Waals surface area contributed by atoms with Crippen LogP contribution < -0.4 is 4.72 Å². The molecule has 0 amide bonds. The summed E-state index contributed by atoms with van der Waals surface area (Å²) in [4.78, 5) is 4.52. The van der Waals surface area contributed by atoms with E-state index < -0.39 is 10.0 Å². The molecule has 0 unspecified atom stereocenters. The van der Waals surface area contributed by atoms with Gasteiger partial charge in [0.15, 0.2) is 5.76 Å². The van der Waals surface area contributed by atoms with E-state index in [1.807, 2.05) is 12.1 Å². The van der Waals surface area contributed by atoms with E-state index in [2.05, 4.69) is 14.8 Å². The van der Waals surface area contributed by atoms with E-state index in [-0.39, 0.29) is 11.4 Å². The Balaban J connectivity index is 1.75. The molecule has 0 aliphatic heterocycles. The maximum atomic E-state index is 12.5. The van der Waals surface area contributed by atoms with Crippen molar-refractivity contribution in [3.05, 3.63) is 53.7 Å². The summed E-state index contributed by atoms with van der Waals surface area (Å²) in [5, 5.41) is 4.15. The monoisotopic (exact) mass is 346 g/mol. The fourth-order valence-electron chi connectivity index (χ4n) is 2.49. The molecule has 3 aromatic rings. The standard InChI is InChI=1S/C16H18N4O3S/c1-11-16(12(2)20(3)19-11)24(21,22)18-10-13-6-7-14(17-9-13)15-5-4-8-23-15/h4-9,18H,10H2,1-3H3. The minimum absolute atomic E-state index is 0.154. The normalized spacial score (nSPS) is 11.8. The summed E-state index contributed by atoms with van der Waals surface area (Å²) < 4.78 is 34.5. The molecule has 0 saturated heterocycles. The third-order valence-corrected chi connectivity index (χ3v) is 5.43. The van der Waals surface area contributed by atoms with E-state index in [4.69, 9.17) is 4.42 Å². The van der Waals surface area contributed by atoms with Gasteiger partial charge in [-0.3, -0.25) is 9.67 Å². The number of aryl methyl sites for hydroxylation is 2. The van der Waals surface area contributed by atoms with E-state index in [0.717, 1.165) is 5.56 Å². The second-order valence-electron chi connectivity index (χ2n) is 5.48. The van der Waals surface area contributed by atoms with Crippen molar-refractivity contribution in [2.45, 2.75) is 25.3 Å². The lowest BCUT2D eigenvalue weighted by Gasteiger charge is -2.07. The zero-order valence-electron chi connectivity index (χ0n) is 13.6. The molecule has 0 spiro atoms. The van der Waals surface area contributed by atoms with Gasteiger partial charge < -0.3 is 4.42 Å². The summed E-state index contributed by atoms with van der Waals surface area (Å²) in [6, 6.07) is 7.22. The highest BCUT2D eigenvalue weighted by molar-refractivity contribution is 7.89. The van der Waals surface area contributed by atoms with Crippen molar-refractivity contribution in [3.63, 3.8) is 0 Å². The number of furan rings is 1. The largest absolute Gasteiger partial charge is 0.463 e. The highest BCUT2D eigenvalue weighted by atomic mass is 32.2. The Morgan fingerprint density at radius 3 is 2.58 bits per heavy atom. The van der Waals surface area contributed by atoms with Crippen molar-refractivity contribution < 1.29 is 12.8 Å². The van der Waals surface area contributed by atoms with Crippen LogP contribution in [-0.2, 0) is 23.6 Å². The average Bonchev–Trinajstić information content (AvgIpc) is 3.15. The van der Waals surface area contributed by atoms with Crippen LogP contribution in [0, 0.1) is 13.8 Å². The number of hydrogen-bond donors (Lipinski definition) is 1. The van der Waals surface area contributed by atoms with Crippen molar-refractivity contribution in [1.82, 2.24) is 19.5 Å². The molecule has 3 rings (SSSR count). The molecule has 0 radical (unpaired) electrons. The van der Waals surface area contributed by atoms with Crippen LogP contribution in [0.15, 0.2) is 46.0 Å². The van der Waals surface area contributed by atoms with Crippen molar-refractivity contribution >= 4 is 10.0 Å². The number of aromatic nitrogens is 3. The van der Waals surface area contributed by atoms with Gasteiger partial charge in [0, 0.05) is 19.8 Å². The Labute approximate surface area is 140 Å². The fourth-order valence-corrected chi connectivity index (χ4v) is 3.94. The molecule has 0 bridgehead atoms. The van der Waals surface area contributed by atoms with Gasteiger partial charge in [-0.2, -0.15) is 5.10 Å². The summed E-state index contributed by atoms with van der Waals surface area (Å²) in [5.74, 6) is 0.670. The minimum atomic E-state index is -3.63. The summed E-state index contributed by atoms with van der Waals surface area (Å²) in [6.45, 7) is 3.57. The molecule has 8 heteroatoms. The molecule has 3 heterocycles. The highest BCUT2D eigenvalue weighted by Crippen LogP contribution is 2.19. The number of hydrogen-bond acceptors (Lipinski definition) is 5. The molecule has 7 nitrogen and oxygen atoms in total. The Morgan fingerprint density at radius 1 is 1.25 bits per heavy atom. The van der Waals surface area contributed by atoms with Crippen molar-refractivity contribution in [2.75, 3.05) is 0 Å². The zero-order valence-corrected chi connectivity index (χ0v) is 14.5. The summed E-state index contributed by atoms with van der Waals surface area (Å²) >= 11 is 0. The Kier molecular flexibility index (Phi) is 4.25. The van der Waals surface area contributed by atoms with Crippen LogP contribution in [0.2, 0.25) is 0 Å². The van der Waals surface area contributed by atoms with Crippen LogP contribution in [0.1, 0.15) is 17.0 Å². The third-order valence-electron chi connectivity index (χ3n) is 3.78. The molecule has 0 aromatic carbocycles. The minimum Gasteiger partial charge on any atom is -0.463 e. The first kappa shape index (κ1) is 16.4. The van der Waals surface area contributed by atoms with E-state index >= 15 is 0 Å². The predicted molar refractivity (Wildman–Crippen MR) is 88.6 cm³/mol. The van der Waals surface area contributed by atoms with Crippen molar-refractivity contribution in [2.24, 2.45) is 7.05 Å². The van der Waals surface area contributed by atoms with Gasteiger partial charge in [-0.25, -0.2) is 13.1 Å². The first-order valence-corrected chi connectivity index (χ1v) is 8.85. The SMILES string of the molecule is Cc1nn(C)c(C)c1S(=O)(=O)NCc1ccc(-c2ccco2)nc1. The maximum Gasteiger partial charge on any atom is 0.244 e. The van der Waals surface area contributed by atoms with Crippen LogP contribution in [0.3, 0.4) is 0 Å². The number of pyridine rings is 1. The van der Waals surface area contributed by atoms with Gasteiger partial charge >= 0.3 is 0 Å². The molecule has 0 aliphatic carbocycles. The number of sulfonamides is 1. The van der Waals surface area contributed by atoms with Gasteiger partial charge in [0.25, 0.3) is 0 Å².